The zero-order valence-electron chi connectivity index (χ0n) is 14.8. The first kappa shape index (κ1) is 17.6. The average Bonchev–Trinajstić information content (AvgIpc) is 3.16. The summed E-state index contributed by atoms with van der Waals surface area (Å²) in [6.45, 7) is -0.599. The molecule has 0 radical (unpaired) electrons. The molecule has 1 aliphatic heterocycles. The van der Waals surface area contributed by atoms with Crippen LogP contribution in [0.25, 0.3) is 10.9 Å². The number of carbonyl (C=O) groups excluding carboxylic acids is 3. The Morgan fingerprint density at radius 1 is 1.22 bits per heavy atom. The third-order valence-corrected chi connectivity index (χ3v) is 5.50. The van der Waals surface area contributed by atoms with Gasteiger partial charge in [0.2, 0.25) is 5.91 Å². The Labute approximate surface area is 155 Å². The maximum absolute atomic E-state index is 13.0. The molecule has 2 N–H and O–H groups in total. The van der Waals surface area contributed by atoms with Crippen LogP contribution < -0.4 is 5.73 Å². The molecule has 1 aromatic heterocycles. The lowest BCUT2D eigenvalue weighted by molar-refractivity contribution is -0.139. The van der Waals surface area contributed by atoms with E-state index in [9.17, 15) is 18.8 Å². The number of benzene rings is 1. The Morgan fingerprint density at radius 2 is 2.00 bits per heavy atom. The number of aromatic nitrogens is 2. The largest absolute Gasteiger partial charge is 0.364 e. The summed E-state index contributed by atoms with van der Waals surface area (Å²) in [5.74, 6) is -0.567. The standard InChI is InChI=1S/C19H21FN4O3/c20-7-3-6-16(25)15-9-11-8-14(11)24(15)17(26)10-23-13-5-2-1-4-12(13)18(22-23)19(21)27/h1-2,4-5,11,14-15H,3,6-10H2,(H2,21,27)/t11-,14-,15+/m1/s1. The second-order valence-corrected chi connectivity index (χ2v) is 7.26. The first-order chi connectivity index (χ1) is 13.0. The second kappa shape index (κ2) is 6.75. The molecule has 2 amide bonds. The lowest BCUT2D eigenvalue weighted by Crippen LogP contribution is -2.44. The van der Waals surface area contributed by atoms with Gasteiger partial charge in [0, 0.05) is 17.8 Å². The molecule has 2 aliphatic rings. The van der Waals surface area contributed by atoms with Crippen LogP contribution in [0.1, 0.15) is 36.2 Å². The Hall–Kier alpha value is -2.77. The van der Waals surface area contributed by atoms with Gasteiger partial charge in [-0.25, -0.2) is 0 Å². The molecule has 8 heteroatoms. The minimum absolute atomic E-state index is 0.0656. The van der Waals surface area contributed by atoms with Crippen LogP contribution in [-0.2, 0) is 16.1 Å². The molecule has 1 aliphatic carbocycles. The molecule has 2 aromatic rings. The van der Waals surface area contributed by atoms with Gasteiger partial charge < -0.3 is 10.6 Å². The van der Waals surface area contributed by atoms with Gasteiger partial charge in [0.25, 0.3) is 5.91 Å². The van der Waals surface area contributed by atoms with E-state index in [1.54, 1.807) is 29.2 Å². The number of primary amides is 1. The van der Waals surface area contributed by atoms with Gasteiger partial charge in [0.05, 0.1) is 18.2 Å². The van der Waals surface area contributed by atoms with Crippen LogP contribution in [-0.4, -0.2) is 51.0 Å². The average molecular weight is 372 g/mol. The summed E-state index contributed by atoms with van der Waals surface area (Å²) in [4.78, 5) is 38.7. The van der Waals surface area contributed by atoms with E-state index in [1.165, 1.54) is 4.68 Å². The van der Waals surface area contributed by atoms with E-state index < -0.39 is 18.6 Å². The van der Waals surface area contributed by atoms with E-state index in [0.717, 1.165) is 6.42 Å². The number of para-hydroxylation sites is 1. The number of halogens is 1. The number of alkyl halides is 1. The van der Waals surface area contributed by atoms with Crippen LogP contribution in [0.5, 0.6) is 0 Å². The summed E-state index contributed by atoms with van der Waals surface area (Å²) in [5, 5.41) is 4.81. The second-order valence-electron chi connectivity index (χ2n) is 7.26. The zero-order chi connectivity index (χ0) is 19.1. The number of amides is 2. The number of carbonyl (C=O) groups is 3. The lowest BCUT2D eigenvalue weighted by Gasteiger charge is -2.26. The van der Waals surface area contributed by atoms with Gasteiger partial charge in [-0.1, -0.05) is 18.2 Å². The van der Waals surface area contributed by atoms with Crippen LogP contribution in [0.2, 0.25) is 0 Å². The number of piperidine rings is 1. The van der Waals surface area contributed by atoms with Crippen LogP contribution >= 0.6 is 0 Å². The molecule has 2 fully saturated rings. The number of nitrogens with zero attached hydrogens (tertiary/aromatic N) is 3. The maximum atomic E-state index is 13.0. The van der Waals surface area contributed by atoms with Crippen molar-refractivity contribution in [3.05, 3.63) is 30.0 Å². The van der Waals surface area contributed by atoms with Gasteiger partial charge in [-0.05, 0) is 31.2 Å². The Balaban J connectivity index is 1.58. The molecule has 3 atom stereocenters. The number of ketones is 1. The fourth-order valence-corrected chi connectivity index (χ4v) is 4.15. The van der Waals surface area contributed by atoms with Gasteiger partial charge in [0.15, 0.2) is 11.5 Å². The minimum Gasteiger partial charge on any atom is -0.364 e. The monoisotopic (exact) mass is 372 g/mol. The van der Waals surface area contributed by atoms with Gasteiger partial charge >= 0.3 is 0 Å². The number of hydrogen-bond donors (Lipinski definition) is 1. The molecular weight excluding hydrogens is 351 g/mol. The lowest BCUT2D eigenvalue weighted by atomic mass is 10.0. The summed E-state index contributed by atoms with van der Waals surface area (Å²) >= 11 is 0. The van der Waals surface area contributed by atoms with Crippen LogP contribution in [0.3, 0.4) is 0 Å². The smallest absolute Gasteiger partial charge is 0.269 e. The molecule has 142 valence electrons. The molecular formula is C19H21FN4O3. The van der Waals surface area contributed by atoms with Crippen LogP contribution in [0.15, 0.2) is 24.3 Å². The zero-order valence-corrected chi connectivity index (χ0v) is 14.8. The third-order valence-electron chi connectivity index (χ3n) is 5.50. The van der Waals surface area contributed by atoms with Gasteiger partial charge in [-0.2, -0.15) is 5.10 Å². The van der Waals surface area contributed by atoms with Crippen molar-refractivity contribution in [2.24, 2.45) is 11.7 Å². The van der Waals surface area contributed by atoms with Crippen molar-refractivity contribution in [1.82, 2.24) is 14.7 Å². The molecule has 1 saturated carbocycles. The Bertz CT molecular complexity index is 925. The Morgan fingerprint density at radius 3 is 2.74 bits per heavy atom. The first-order valence-electron chi connectivity index (χ1n) is 9.16. The number of Topliss-reactive ketones (excluding diaryl/α,β-unsaturated/α-hetero) is 1. The normalized spacial score (nSPS) is 23.4. The van der Waals surface area contributed by atoms with Gasteiger partial charge in [-0.3, -0.25) is 23.5 Å². The Kier molecular flexibility index (Phi) is 4.41. The molecule has 27 heavy (non-hydrogen) atoms. The predicted molar refractivity (Wildman–Crippen MR) is 95.6 cm³/mol. The summed E-state index contributed by atoms with van der Waals surface area (Å²) in [5.41, 5.74) is 6.17. The molecule has 0 unspecified atom stereocenters. The van der Waals surface area contributed by atoms with E-state index in [4.69, 9.17) is 5.73 Å². The SMILES string of the molecule is NC(=O)c1nn(CC(=O)N2[C@@H]3C[C@@H]3C[C@H]2C(=O)CCCF)c2ccccc12. The molecule has 1 aromatic carbocycles. The van der Waals surface area contributed by atoms with E-state index in [0.29, 0.717) is 23.2 Å². The number of hydrogen-bond acceptors (Lipinski definition) is 4. The summed E-state index contributed by atoms with van der Waals surface area (Å²) in [7, 11) is 0. The highest BCUT2D eigenvalue weighted by Crippen LogP contribution is 2.48. The van der Waals surface area contributed by atoms with Crippen molar-refractivity contribution in [3.63, 3.8) is 0 Å². The predicted octanol–water partition coefficient (Wildman–Crippen LogP) is 1.44. The van der Waals surface area contributed by atoms with Crippen LogP contribution in [0.4, 0.5) is 4.39 Å². The summed E-state index contributed by atoms with van der Waals surface area (Å²) < 4.78 is 13.9. The molecule has 1 saturated heterocycles. The molecule has 0 bridgehead atoms. The fourth-order valence-electron chi connectivity index (χ4n) is 4.15. The van der Waals surface area contributed by atoms with E-state index in [2.05, 4.69) is 5.10 Å². The molecule has 0 spiro atoms. The highest BCUT2D eigenvalue weighted by molar-refractivity contribution is 6.04. The van der Waals surface area contributed by atoms with Crippen molar-refractivity contribution in [2.75, 3.05) is 6.67 Å². The van der Waals surface area contributed by atoms with Crippen molar-refractivity contribution in [1.29, 1.82) is 0 Å². The number of rotatable bonds is 7. The highest BCUT2D eigenvalue weighted by Gasteiger charge is 2.55. The number of nitrogens with two attached hydrogens (primary N) is 1. The topological polar surface area (TPSA) is 98.3 Å². The summed E-state index contributed by atoms with van der Waals surface area (Å²) in [6, 6.07) is 6.71. The van der Waals surface area contributed by atoms with Gasteiger partial charge in [0.1, 0.15) is 6.54 Å². The molecule has 7 nitrogen and oxygen atoms in total. The van der Waals surface area contributed by atoms with E-state index in [1.807, 2.05) is 0 Å². The van der Waals surface area contributed by atoms with Crippen molar-refractivity contribution >= 4 is 28.5 Å². The van der Waals surface area contributed by atoms with Crippen molar-refractivity contribution in [2.45, 2.75) is 44.3 Å². The van der Waals surface area contributed by atoms with Crippen LogP contribution in [0, 0.1) is 5.92 Å². The quantitative estimate of drug-likeness (QED) is 0.795. The van der Waals surface area contributed by atoms with Gasteiger partial charge in [-0.15, -0.1) is 0 Å². The molecule has 4 rings (SSSR count). The van der Waals surface area contributed by atoms with Crippen molar-refractivity contribution < 1.29 is 18.8 Å². The fraction of sp³-hybridized carbons (Fsp3) is 0.474. The third kappa shape index (κ3) is 3.09. The maximum Gasteiger partial charge on any atom is 0.269 e. The minimum atomic E-state index is -0.653. The first-order valence-corrected chi connectivity index (χ1v) is 9.16. The number of likely N-dealkylation sites (tertiary alicyclic amines) is 1. The molecule has 2 heterocycles. The number of fused-ring (bicyclic) bond motifs is 2. The summed E-state index contributed by atoms with van der Waals surface area (Å²) in [6.07, 6.45) is 1.91. The van der Waals surface area contributed by atoms with E-state index >= 15 is 0 Å². The van der Waals surface area contributed by atoms with Crippen molar-refractivity contribution in [3.8, 4) is 0 Å². The van der Waals surface area contributed by atoms with E-state index in [-0.39, 0.29) is 42.8 Å². The highest BCUT2D eigenvalue weighted by atomic mass is 19.1.